The molecule has 2 heterocycles. The summed E-state index contributed by atoms with van der Waals surface area (Å²) in [7, 11) is 0. The van der Waals surface area contributed by atoms with Gasteiger partial charge in [0.15, 0.2) is 6.61 Å². The van der Waals surface area contributed by atoms with E-state index in [1.165, 1.54) is 30.5 Å². The van der Waals surface area contributed by atoms with Crippen molar-refractivity contribution in [3.05, 3.63) is 65.5 Å². The zero-order valence-corrected chi connectivity index (χ0v) is 14.8. The Balaban J connectivity index is 1.53. The molecule has 0 radical (unpaired) electrons. The lowest BCUT2D eigenvalue weighted by atomic mass is 10.1. The molecule has 0 aliphatic rings. The van der Waals surface area contributed by atoms with Gasteiger partial charge in [0.2, 0.25) is 0 Å². The molecular weight excluding hydrogens is 369 g/mol. The van der Waals surface area contributed by atoms with Crippen LogP contribution in [-0.4, -0.2) is 29.5 Å². The van der Waals surface area contributed by atoms with Gasteiger partial charge >= 0.3 is 12.0 Å². The lowest BCUT2D eigenvalue weighted by Crippen LogP contribution is -2.41. The fourth-order valence-electron chi connectivity index (χ4n) is 2.44. The smallest absolute Gasteiger partial charge is 0.340 e. The Morgan fingerprint density at radius 2 is 2.04 bits per heavy atom. The highest BCUT2D eigenvalue weighted by atomic mass is 19.1. The number of amides is 3. The number of aryl methyl sites for hydroxylation is 1. The lowest BCUT2D eigenvalue weighted by molar-refractivity contribution is -0.123. The molecule has 0 saturated heterocycles. The van der Waals surface area contributed by atoms with Crippen LogP contribution in [0.4, 0.5) is 9.18 Å². The van der Waals surface area contributed by atoms with Crippen LogP contribution in [-0.2, 0) is 16.1 Å². The number of urea groups is 1. The normalized spacial score (nSPS) is 10.5. The van der Waals surface area contributed by atoms with E-state index in [1.807, 2.05) is 5.32 Å². The number of ether oxygens (including phenoxy) is 1. The van der Waals surface area contributed by atoms with Gasteiger partial charge in [0, 0.05) is 11.5 Å². The third-order valence-electron chi connectivity index (χ3n) is 3.78. The summed E-state index contributed by atoms with van der Waals surface area (Å²) < 4.78 is 23.2. The first-order chi connectivity index (χ1) is 13.4. The summed E-state index contributed by atoms with van der Waals surface area (Å²) in [6.07, 6.45) is 1.46. The van der Waals surface area contributed by atoms with Crippen LogP contribution in [0.25, 0.3) is 10.9 Å². The third-order valence-corrected chi connectivity index (χ3v) is 3.78. The standard InChI is InChI=1S/C19H16FN3O5/c1-11-15(7-12-4-5-13(20)8-16(12)22-11)18(25)28-10-17(24)23-19(26)21-9-14-3-2-6-27-14/h2-8H,9-10H2,1H3,(H2,21,23,24,26). The van der Waals surface area contributed by atoms with Gasteiger partial charge < -0.3 is 14.5 Å². The molecule has 0 aliphatic carbocycles. The first-order valence-corrected chi connectivity index (χ1v) is 8.26. The molecule has 0 bridgehead atoms. The quantitative estimate of drug-likeness (QED) is 0.653. The molecule has 0 spiro atoms. The van der Waals surface area contributed by atoms with E-state index in [4.69, 9.17) is 9.15 Å². The van der Waals surface area contributed by atoms with Crippen molar-refractivity contribution >= 4 is 28.8 Å². The maximum absolute atomic E-state index is 13.3. The van der Waals surface area contributed by atoms with Crippen molar-refractivity contribution in [1.29, 1.82) is 0 Å². The van der Waals surface area contributed by atoms with Crippen molar-refractivity contribution in [3.63, 3.8) is 0 Å². The van der Waals surface area contributed by atoms with E-state index in [9.17, 15) is 18.8 Å². The van der Waals surface area contributed by atoms with Gasteiger partial charge in [0.25, 0.3) is 5.91 Å². The van der Waals surface area contributed by atoms with E-state index in [0.29, 0.717) is 22.4 Å². The van der Waals surface area contributed by atoms with Gasteiger partial charge in [-0.15, -0.1) is 0 Å². The van der Waals surface area contributed by atoms with Crippen molar-refractivity contribution in [3.8, 4) is 0 Å². The van der Waals surface area contributed by atoms with Crippen LogP contribution in [0.15, 0.2) is 47.1 Å². The van der Waals surface area contributed by atoms with Gasteiger partial charge in [-0.25, -0.2) is 14.0 Å². The fourth-order valence-corrected chi connectivity index (χ4v) is 2.44. The van der Waals surface area contributed by atoms with Gasteiger partial charge in [0.1, 0.15) is 11.6 Å². The number of esters is 1. The molecule has 0 unspecified atom stereocenters. The van der Waals surface area contributed by atoms with Crippen LogP contribution in [0.2, 0.25) is 0 Å². The Hall–Kier alpha value is -3.75. The van der Waals surface area contributed by atoms with Crippen molar-refractivity contribution in [1.82, 2.24) is 15.6 Å². The number of benzene rings is 1. The van der Waals surface area contributed by atoms with E-state index in [0.717, 1.165) is 0 Å². The molecule has 2 N–H and O–H groups in total. The van der Waals surface area contributed by atoms with Gasteiger partial charge in [-0.3, -0.25) is 15.1 Å². The average Bonchev–Trinajstić information content (AvgIpc) is 3.17. The maximum atomic E-state index is 13.3. The topological polar surface area (TPSA) is 111 Å². The van der Waals surface area contributed by atoms with E-state index in [-0.39, 0.29) is 12.1 Å². The Morgan fingerprint density at radius 3 is 2.79 bits per heavy atom. The molecular formula is C19H16FN3O5. The Bertz CT molecular complexity index is 1030. The molecule has 0 atom stereocenters. The van der Waals surface area contributed by atoms with Crippen LogP contribution in [0.1, 0.15) is 21.8 Å². The number of halogens is 1. The molecule has 0 fully saturated rings. The van der Waals surface area contributed by atoms with Crippen LogP contribution < -0.4 is 10.6 Å². The minimum absolute atomic E-state index is 0.106. The number of imide groups is 1. The molecule has 1 aromatic carbocycles. The summed E-state index contributed by atoms with van der Waals surface area (Å²) in [6.45, 7) is 1.03. The van der Waals surface area contributed by atoms with E-state index >= 15 is 0 Å². The molecule has 9 heteroatoms. The van der Waals surface area contributed by atoms with E-state index < -0.39 is 30.3 Å². The van der Waals surface area contributed by atoms with Crippen molar-refractivity contribution in [2.24, 2.45) is 0 Å². The van der Waals surface area contributed by atoms with Gasteiger partial charge in [-0.05, 0) is 37.3 Å². The predicted octanol–water partition coefficient (Wildman–Crippen LogP) is 2.46. The van der Waals surface area contributed by atoms with Crippen molar-refractivity contribution in [2.75, 3.05) is 6.61 Å². The molecule has 3 amide bonds. The Labute approximate surface area is 158 Å². The van der Waals surface area contributed by atoms with E-state index in [1.54, 1.807) is 19.1 Å². The second-order valence-electron chi connectivity index (χ2n) is 5.84. The number of nitrogens with zero attached hydrogens (tertiary/aromatic N) is 1. The minimum Gasteiger partial charge on any atom is -0.467 e. The number of carbonyl (C=O) groups is 3. The molecule has 28 heavy (non-hydrogen) atoms. The molecule has 3 rings (SSSR count). The van der Waals surface area contributed by atoms with Crippen LogP contribution >= 0.6 is 0 Å². The average molecular weight is 385 g/mol. The number of hydrogen-bond donors (Lipinski definition) is 2. The second-order valence-corrected chi connectivity index (χ2v) is 5.84. The number of fused-ring (bicyclic) bond motifs is 1. The minimum atomic E-state index is -0.793. The van der Waals surface area contributed by atoms with Crippen LogP contribution in [0.5, 0.6) is 0 Å². The summed E-state index contributed by atoms with van der Waals surface area (Å²) in [5.74, 6) is -1.48. The van der Waals surface area contributed by atoms with Crippen LogP contribution in [0.3, 0.4) is 0 Å². The first-order valence-electron chi connectivity index (χ1n) is 8.26. The highest BCUT2D eigenvalue weighted by molar-refractivity contribution is 5.98. The monoisotopic (exact) mass is 385 g/mol. The number of rotatable bonds is 5. The Morgan fingerprint density at radius 1 is 1.21 bits per heavy atom. The Kier molecular flexibility index (Phi) is 5.64. The largest absolute Gasteiger partial charge is 0.467 e. The van der Waals surface area contributed by atoms with Gasteiger partial charge in [-0.2, -0.15) is 0 Å². The highest BCUT2D eigenvalue weighted by Crippen LogP contribution is 2.18. The summed E-state index contributed by atoms with van der Waals surface area (Å²) in [5.41, 5.74) is 0.883. The lowest BCUT2D eigenvalue weighted by Gasteiger charge is -2.09. The number of aromatic nitrogens is 1. The summed E-state index contributed by atoms with van der Waals surface area (Å²) >= 11 is 0. The summed E-state index contributed by atoms with van der Waals surface area (Å²) in [6, 6.07) is 8.09. The number of nitrogens with one attached hydrogen (secondary N) is 2. The van der Waals surface area contributed by atoms with Crippen molar-refractivity contribution < 1.29 is 27.9 Å². The van der Waals surface area contributed by atoms with E-state index in [2.05, 4.69) is 10.3 Å². The highest BCUT2D eigenvalue weighted by Gasteiger charge is 2.16. The molecule has 0 aliphatic heterocycles. The zero-order valence-electron chi connectivity index (χ0n) is 14.8. The third kappa shape index (κ3) is 4.70. The number of pyridine rings is 1. The SMILES string of the molecule is Cc1nc2cc(F)ccc2cc1C(=O)OCC(=O)NC(=O)NCc1ccco1. The predicted molar refractivity (Wildman–Crippen MR) is 95.8 cm³/mol. The number of carbonyl (C=O) groups excluding carboxylic acids is 3. The van der Waals surface area contributed by atoms with Gasteiger partial charge in [-0.1, -0.05) is 0 Å². The summed E-state index contributed by atoms with van der Waals surface area (Å²) in [5, 5.41) is 5.01. The maximum Gasteiger partial charge on any atom is 0.340 e. The molecule has 144 valence electrons. The van der Waals surface area contributed by atoms with Gasteiger partial charge in [0.05, 0.1) is 29.6 Å². The first kappa shape index (κ1) is 19.0. The number of hydrogen-bond acceptors (Lipinski definition) is 6. The molecule has 3 aromatic rings. The molecule has 2 aromatic heterocycles. The zero-order chi connectivity index (χ0) is 20.1. The summed E-state index contributed by atoms with van der Waals surface area (Å²) in [4.78, 5) is 39.8. The molecule has 0 saturated carbocycles. The molecule has 8 nitrogen and oxygen atoms in total. The van der Waals surface area contributed by atoms with Crippen molar-refractivity contribution in [2.45, 2.75) is 13.5 Å². The second kappa shape index (κ2) is 8.30. The number of furan rings is 1. The fraction of sp³-hybridized carbons (Fsp3) is 0.158. The van der Waals surface area contributed by atoms with Crippen LogP contribution in [0, 0.1) is 12.7 Å².